The van der Waals surface area contributed by atoms with E-state index < -0.39 is 0 Å². The van der Waals surface area contributed by atoms with Gasteiger partial charge in [0.2, 0.25) is 0 Å². The van der Waals surface area contributed by atoms with Gasteiger partial charge in [-0.15, -0.1) is 0 Å². The van der Waals surface area contributed by atoms with E-state index in [-0.39, 0.29) is 0 Å². The maximum Gasteiger partial charge on any atom is 0.175 e. The second-order valence-corrected chi connectivity index (χ2v) is 5.15. The minimum absolute atomic E-state index is 0.604. The largest absolute Gasteiger partial charge is 0.332 e. The zero-order chi connectivity index (χ0) is 13.8. The molecule has 0 aliphatic carbocycles. The molecule has 3 heteroatoms. The van der Waals surface area contributed by atoms with Gasteiger partial charge < -0.3 is 10.6 Å². The summed E-state index contributed by atoms with van der Waals surface area (Å²) in [4.78, 5) is 0. The number of rotatable bonds is 2. The van der Waals surface area contributed by atoms with Crippen LogP contribution >= 0.6 is 12.2 Å². The SMILES string of the molecule is Cc1ccc(NC(=S)Nc2ccc(C)c(C)c2)cc1. The molecule has 0 bridgehead atoms. The van der Waals surface area contributed by atoms with Crippen LogP contribution in [0.15, 0.2) is 42.5 Å². The van der Waals surface area contributed by atoms with Crippen molar-refractivity contribution in [3.05, 3.63) is 59.2 Å². The van der Waals surface area contributed by atoms with E-state index >= 15 is 0 Å². The lowest BCUT2D eigenvalue weighted by molar-refractivity contribution is 1.34. The highest BCUT2D eigenvalue weighted by Gasteiger charge is 2.00. The molecule has 19 heavy (non-hydrogen) atoms. The Morgan fingerprint density at radius 2 is 1.37 bits per heavy atom. The van der Waals surface area contributed by atoms with Crippen LogP contribution in [-0.2, 0) is 0 Å². The molecule has 0 fully saturated rings. The van der Waals surface area contributed by atoms with Crippen LogP contribution in [0, 0.1) is 20.8 Å². The highest BCUT2D eigenvalue weighted by molar-refractivity contribution is 7.80. The van der Waals surface area contributed by atoms with Crippen molar-refractivity contribution in [2.75, 3.05) is 10.6 Å². The zero-order valence-electron chi connectivity index (χ0n) is 11.4. The van der Waals surface area contributed by atoms with Crippen molar-refractivity contribution >= 4 is 28.7 Å². The second-order valence-electron chi connectivity index (χ2n) is 4.74. The van der Waals surface area contributed by atoms with Gasteiger partial charge in [-0.25, -0.2) is 0 Å². The summed E-state index contributed by atoms with van der Waals surface area (Å²) in [5.74, 6) is 0. The Bertz CT molecular complexity index is 588. The zero-order valence-corrected chi connectivity index (χ0v) is 12.3. The average molecular weight is 270 g/mol. The van der Waals surface area contributed by atoms with E-state index in [1.807, 2.05) is 18.2 Å². The molecule has 98 valence electrons. The molecule has 0 spiro atoms. The van der Waals surface area contributed by atoms with Crippen molar-refractivity contribution in [3.8, 4) is 0 Å². The van der Waals surface area contributed by atoms with Gasteiger partial charge in [0.25, 0.3) is 0 Å². The van der Waals surface area contributed by atoms with Crippen LogP contribution in [0.5, 0.6) is 0 Å². The lowest BCUT2D eigenvalue weighted by atomic mass is 10.1. The Morgan fingerprint density at radius 3 is 2.00 bits per heavy atom. The fourth-order valence-corrected chi connectivity index (χ4v) is 1.99. The Balaban J connectivity index is 2.01. The molecule has 2 aromatic rings. The molecule has 0 aliphatic heterocycles. The van der Waals surface area contributed by atoms with Crippen molar-refractivity contribution in [1.82, 2.24) is 0 Å². The number of thiocarbonyl (C=S) groups is 1. The second kappa shape index (κ2) is 5.85. The summed E-state index contributed by atoms with van der Waals surface area (Å²) in [5, 5.41) is 6.97. The standard InChI is InChI=1S/C16H18N2S/c1-11-4-7-14(8-5-11)17-16(19)18-15-9-6-12(2)13(3)10-15/h4-10H,1-3H3,(H2,17,18,19). The molecule has 0 aromatic heterocycles. The van der Waals surface area contributed by atoms with Crippen LogP contribution in [0.2, 0.25) is 0 Å². The highest BCUT2D eigenvalue weighted by atomic mass is 32.1. The predicted molar refractivity (Wildman–Crippen MR) is 86.9 cm³/mol. The quantitative estimate of drug-likeness (QED) is 0.790. The van der Waals surface area contributed by atoms with E-state index in [2.05, 4.69) is 55.7 Å². The summed E-state index contributed by atoms with van der Waals surface area (Å²) in [5.41, 5.74) is 5.77. The van der Waals surface area contributed by atoms with Crippen LogP contribution < -0.4 is 10.6 Å². The third-order valence-corrected chi connectivity index (χ3v) is 3.28. The van der Waals surface area contributed by atoms with E-state index in [1.54, 1.807) is 0 Å². The molecule has 2 nitrogen and oxygen atoms in total. The first-order valence-corrected chi connectivity index (χ1v) is 6.67. The Hall–Kier alpha value is -1.87. The third kappa shape index (κ3) is 3.80. The van der Waals surface area contributed by atoms with E-state index in [0.29, 0.717) is 5.11 Å². The number of anilines is 2. The summed E-state index contributed by atoms with van der Waals surface area (Å²) < 4.78 is 0. The number of nitrogens with one attached hydrogen (secondary N) is 2. The van der Waals surface area contributed by atoms with Gasteiger partial charge in [0.15, 0.2) is 5.11 Å². The van der Waals surface area contributed by atoms with Crippen LogP contribution in [0.25, 0.3) is 0 Å². The molecule has 2 rings (SSSR count). The highest BCUT2D eigenvalue weighted by Crippen LogP contribution is 2.15. The van der Waals surface area contributed by atoms with Crippen LogP contribution in [-0.4, -0.2) is 5.11 Å². The van der Waals surface area contributed by atoms with Gasteiger partial charge in [0.05, 0.1) is 0 Å². The third-order valence-electron chi connectivity index (χ3n) is 3.07. The maximum atomic E-state index is 5.30. The maximum absolute atomic E-state index is 5.30. The van der Waals surface area contributed by atoms with Crippen molar-refractivity contribution in [3.63, 3.8) is 0 Å². The molecule has 0 heterocycles. The average Bonchev–Trinajstić information content (AvgIpc) is 2.37. The number of hydrogen-bond donors (Lipinski definition) is 2. The molecule has 0 atom stereocenters. The fourth-order valence-electron chi connectivity index (χ4n) is 1.75. The van der Waals surface area contributed by atoms with Gasteiger partial charge in [0.1, 0.15) is 0 Å². The summed E-state index contributed by atoms with van der Waals surface area (Å²) >= 11 is 5.30. The molecule has 2 N–H and O–H groups in total. The topological polar surface area (TPSA) is 24.1 Å². The monoisotopic (exact) mass is 270 g/mol. The minimum Gasteiger partial charge on any atom is -0.332 e. The Labute approximate surface area is 119 Å². The molecular formula is C16H18N2S. The van der Waals surface area contributed by atoms with Gasteiger partial charge in [-0.3, -0.25) is 0 Å². The van der Waals surface area contributed by atoms with Crippen molar-refractivity contribution in [2.45, 2.75) is 20.8 Å². The smallest absolute Gasteiger partial charge is 0.175 e. The minimum atomic E-state index is 0.604. The molecule has 0 aliphatic rings. The molecule has 0 unspecified atom stereocenters. The molecular weight excluding hydrogens is 252 g/mol. The van der Waals surface area contributed by atoms with Gasteiger partial charge in [-0.1, -0.05) is 23.8 Å². The fraction of sp³-hybridized carbons (Fsp3) is 0.188. The lowest BCUT2D eigenvalue weighted by Crippen LogP contribution is -2.19. The van der Waals surface area contributed by atoms with Crippen molar-refractivity contribution < 1.29 is 0 Å². The van der Waals surface area contributed by atoms with Crippen LogP contribution in [0.1, 0.15) is 16.7 Å². The molecule has 2 aromatic carbocycles. The number of aryl methyl sites for hydroxylation is 3. The van der Waals surface area contributed by atoms with Crippen LogP contribution in [0.4, 0.5) is 11.4 Å². The Kier molecular flexibility index (Phi) is 4.17. The number of hydrogen-bond acceptors (Lipinski definition) is 1. The summed E-state index contributed by atoms with van der Waals surface area (Å²) in [7, 11) is 0. The van der Waals surface area contributed by atoms with Gasteiger partial charge >= 0.3 is 0 Å². The van der Waals surface area contributed by atoms with Gasteiger partial charge in [0, 0.05) is 11.4 Å². The molecule has 0 radical (unpaired) electrons. The van der Waals surface area contributed by atoms with E-state index in [0.717, 1.165) is 11.4 Å². The van der Waals surface area contributed by atoms with Crippen molar-refractivity contribution in [1.29, 1.82) is 0 Å². The normalized spacial score (nSPS) is 10.1. The summed E-state index contributed by atoms with van der Waals surface area (Å²) in [6.07, 6.45) is 0. The van der Waals surface area contributed by atoms with E-state index in [1.165, 1.54) is 16.7 Å². The predicted octanol–water partition coefficient (Wildman–Crippen LogP) is 4.42. The van der Waals surface area contributed by atoms with Crippen molar-refractivity contribution in [2.24, 2.45) is 0 Å². The molecule has 0 saturated heterocycles. The number of benzene rings is 2. The van der Waals surface area contributed by atoms with Crippen LogP contribution in [0.3, 0.4) is 0 Å². The van der Waals surface area contributed by atoms with Gasteiger partial charge in [-0.05, 0) is 68.4 Å². The lowest BCUT2D eigenvalue weighted by Gasteiger charge is -2.12. The Morgan fingerprint density at radius 1 is 0.789 bits per heavy atom. The molecule has 0 amide bonds. The molecule has 0 saturated carbocycles. The summed E-state index contributed by atoms with van der Waals surface area (Å²) in [6.45, 7) is 6.26. The van der Waals surface area contributed by atoms with Gasteiger partial charge in [-0.2, -0.15) is 0 Å². The first-order valence-electron chi connectivity index (χ1n) is 6.26. The first kappa shape index (κ1) is 13.6. The summed E-state index contributed by atoms with van der Waals surface area (Å²) in [6, 6.07) is 14.4. The first-order chi connectivity index (χ1) is 9.04. The van der Waals surface area contributed by atoms with E-state index in [9.17, 15) is 0 Å². The van der Waals surface area contributed by atoms with E-state index in [4.69, 9.17) is 12.2 Å².